The van der Waals surface area contributed by atoms with E-state index in [0.29, 0.717) is 19.6 Å². The maximum atomic E-state index is 11.7. The van der Waals surface area contributed by atoms with Gasteiger partial charge in [0.05, 0.1) is 20.1 Å². The molecule has 1 aliphatic rings. The Morgan fingerprint density at radius 1 is 1.53 bits per heavy atom. The number of imide groups is 1. The molecule has 96 valence electrons. The Hall–Kier alpha value is -1.63. The van der Waals surface area contributed by atoms with Gasteiger partial charge in [-0.25, -0.2) is 4.79 Å². The largest absolute Gasteiger partial charge is 0.469 e. The summed E-state index contributed by atoms with van der Waals surface area (Å²) in [6.07, 6.45) is 0.229. The van der Waals surface area contributed by atoms with E-state index in [2.05, 4.69) is 10.1 Å². The Labute approximate surface area is 99.7 Å². The number of hydrogen-bond donors (Lipinski definition) is 1. The van der Waals surface area contributed by atoms with E-state index in [0.717, 1.165) is 0 Å². The second-order valence-corrected chi connectivity index (χ2v) is 3.84. The van der Waals surface area contributed by atoms with Crippen LogP contribution in [0.2, 0.25) is 0 Å². The molecule has 0 bridgehead atoms. The van der Waals surface area contributed by atoms with E-state index in [-0.39, 0.29) is 30.9 Å². The van der Waals surface area contributed by atoms with E-state index in [1.165, 1.54) is 12.0 Å². The molecule has 0 radical (unpaired) electrons. The molecule has 0 aromatic carbocycles. The molecular formula is C10H17N3O4. The average molecular weight is 243 g/mol. The van der Waals surface area contributed by atoms with Crippen LogP contribution in [-0.4, -0.2) is 68.0 Å². The van der Waals surface area contributed by atoms with Gasteiger partial charge in [0.2, 0.25) is 5.91 Å². The van der Waals surface area contributed by atoms with Gasteiger partial charge in [-0.15, -0.1) is 0 Å². The van der Waals surface area contributed by atoms with Crippen molar-refractivity contribution in [2.75, 3.05) is 40.3 Å². The third-order valence-electron chi connectivity index (χ3n) is 2.49. The summed E-state index contributed by atoms with van der Waals surface area (Å²) in [6, 6.07) is -0.351. The first-order valence-electron chi connectivity index (χ1n) is 5.38. The van der Waals surface area contributed by atoms with Crippen LogP contribution < -0.4 is 5.32 Å². The number of nitrogens with one attached hydrogen (secondary N) is 1. The Morgan fingerprint density at radius 2 is 2.24 bits per heavy atom. The average Bonchev–Trinajstić information content (AvgIpc) is 2.72. The molecule has 0 aromatic rings. The molecule has 7 heteroatoms. The van der Waals surface area contributed by atoms with Crippen molar-refractivity contribution in [1.29, 1.82) is 0 Å². The standard InChI is InChI=1S/C10H17N3O4/c1-12(5-3-9(15)17-2)7-8(14)13-6-4-11-10(13)16/h3-7H2,1-2H3,(H,11,16). The lowest BCUT2D eigenvalue weighted by Crippen LogP contribution is -2.41. The van der Waals surface area contributed by atoms with Crippen molar-refractivity contribution >= 4 is 17.9 Å². The number of nitrogens with zero attached hydrogens (tertiary/aromatic N) is 2. The van der Waals surface area contributed by atoms with Crippen LogP contribution in [0.25, 0.3) is 0 Å². The van der Waals surface area contributed by atoms with Crippen molar-refractivity contribution < 1.29 is 19.1 Å². The summed E-state index contributed by atoms with van der Waals surface area (Å²) in [7, 11) is 3.04. The SMILES string of the molecule is COC(=O)CCN(C)CC(=O)N1CCNC1=O. The minimum Gasteiger partial charge on any atom is -0.469 e. The van der Waals surface area contributed by atoms with Gasteiger partial charge in [-0.05, 0) is 7.05 Å². The topological polar surface area (TPSA) is 79.0 Å². The number of likely N-dealkylation sites (N-methyl/N-ethyl adjacent to an activating group) is 1. The normalized spacial score (nSPS) is 15.0. The Bertz CT molecular complexity index is 319. The lowest BCUT2D eigenvalue weighted by molar-refractivity contribution is -0.141. The van der Waals surface area contributed by atoms with Crippen molar-refractivity contribution in [3.63, 3.8) is 0 Å². The summed E-state index contributed by atoms with van der Waals surface area (Å²) >= 11 is 0. The molecule has 1 rings (SSSR count). The first-order valence-corrected chi connectivity index (χ1v) is 5.38. The minimum atomic E-state index is -0.351. The van der Waals surface area contributed by atoms with Crippen LogP contribution in [0.5, 0.6) is 0 Å². The van der Waals surface area contributed by atoms with Gasteiger partial charge >= 0.3 is 12.0 Å². The number of carbonyl (C=O) groups is 3. The zero-order chi connectivity index (χ0) is 12.8. The summed E-state index contributed by atoms with van der Waals surface area (Å²) < 4.78 is 4.50. The van der Waals surface area contributed by atoms with Crippen molar-refractivity contribution in [3.05, 3.63) is 0 Å². The highest BCUT2D eigenvalue weighted by Gasteiger charge is 2.26. The van der Waals surface area contributed by atoms with E-state index < -0.39 is 0 Å². The first-order chi connectivity index (χ1) is 8.04. The number of carbonyl (C=O) groups excluding carboxylic acids is 3. The molecule has 0 saturated carbocycles. The number of rotatable bonds is 5. The molecule has 0 spiro atoms. The van der Waals surface area contributed by atoms with Gasteiger partial charge in [0.1, 0.15) is 0 Å². The highest BCUT2D eigenvalue weighted by atomic mass is 16.5. The fourth-order valence-electron chi connectivity index (χ4n) is 1.49. The number of amides is 3. The van der Waals surface area contributed by atoms with E-state index in [4.69, 9.17) is 0 Å². The quantitative estimate of drug-likeness (QED) is 0.629. The van der Waals surface area contributed by atoms with Crippen LogP contribution in [0.4, 0.5) is 4.79 Å². The van der Waals surface area contributed by atoms with Crippen molar-refractivity contribution in [3.8, 4) is 0 Å². The summed E-state index contributed by atoms with van der Waals surface area (Å²) in [5.74, 6) is -0.574. The van der Waals surface area contributed by atoms with Gasteiger partial charge in [0.15, 0.2) is 0 Å². The van der Waals surface area contributed by atoms with Crippen molar-refractivity contribution in [1.82, 2.24) is 15.1 Å². The smallest absolute Gasteiger partial charge is 0.324 e. The first kappa shape index (κ1) is 13.4. The fraction of sp³-hybridized carbons (Fsp3) is 0.700. The molecule has 0 aromatic heterocycles. The highest BCUT2D eigenvalue weighted by Crippen LogP contribution is 1.99. The molecule has 7 nitrogen and oxygen atoms in total. The van der Waals surface area contributed by atoms with Crippen molar-refractivity contribution in [2.24, 2.45) is 0 Å². The predicted octanol–water partition coefficient (Wildman–Crippen LogP) is -0.967. The van der Waals surface area contributed by atoms with Crippen LogP contribution in [0.3, 0.4) is 0 Å². The maximum Gasteiger partial charge on any atom is 0.324 e. The maximum absolute atomic E-state index is 11.7. The molecule has 0 unspecified atom stereocenters. The lowest BCUT2D eigenvalue weighted by atomic mass is 10.4. The number of methoxy groups -OCH3 is 1. The van der Waals surface area contributed by atoms with Crippen LogP contribution in [0, 0.1) is 0 Å². The minimum absolute atomic E-state index is 0.115. The van der Waals surface area contributed by atoms with Gasteiger partial charge in [-0.3, -0.25) is 19.4 Å². The zero-order valence-corrected chi connectivity index (χ0v) is 10.1. The van der Waals surface area contributed by atoms with Crippen molar-refractivity contribution in [2.45, 2.75) is 6.42 Å². The van der Waals surface area contributed by atoms with Gasteiger partial charge in [-0.1, -0.05) is 0 Å². The molecule has 1 saturated heterocycles. The Kier molecular flexibility index (Phi) is 4.89. The third kappa shape index (κ3) is 4.03. The van der Waals surface area contributed by atoms with Crippen LogP contribution >= 0.6 is 0 Å². The molecule has 1 aliphatic heterocycles. The number of urea groups is 1. The molecular weight excluding hydrogens is 226 g/mol. The molecule has 0 aliphatic carbocycles. The summed E-state index contributed by atoms with van der Waals surface area (Å²) in [4.78, 5) is 36.7. The van der Waals surface area contributed by atoms with E-state index in [1.807, 2.05) is 0 Å². The predicted molar refractivity (Wildman–Crippen MR) is 59.2 cm³/mol. The number of hydrogen-bond acceptors (Lipinski definition) is 5. The Morgan fingerprint density at radius 3 is 2.76 bits per heavy atom. The molecule has 3 amide bonds. The monoisotopic (exact) mass is 243 g/mol. The third-order valence-corrected chi connectivity index (χ3v) is 2.49. The lowest BCUT2D eigenvalue weighted by Gasteiger charge is -2.18. The van der Waals surface area contributed by atoms with Gasteiger partial charge in [0.25, 0.3) is 0 Å². The summed E-state index contributed by atoms with van der Waals surface area (Å²) in [5.41, 5.74) is 0. The van der Waals surface area contributed by atoms with Crippen LogP contribution in [0.15, 0.2) is 0 Å². The van der Waals surface area contributed by atoms with E-state index in [9.17, 15) is 14.4 Å². The van der Waals surface area contributed by atoms with Gasteiger partial charge in [-0.2, -0.15) is 0 Å². The zero-order valence-electron chi connectivity index (χ0n) is 10.1. The Balaban J connectivity index is 2.30. The highest BCUT2D eigenvalue weighted by molar-refractivity contribution is 5.96. The van der Waals surface area contributed by atoms with Gasteiger partial charge in [0, 0.05) is 19.6 Å². The second kappa shape index (κ2) is 6.19. The molecule has 1 N–H and O–H groups in total. The molecule has 17 heavy (non-hydrogen) atoms. The molecule has 1 heterocycles. The fourth-order valence-corrected chi connectivity index (χ4v) is 1.49. The van der Waals surface area contributed by atoms with Crippen LogP contribution in [0.1, 0.15) is 6.42 Å². The number of esters is 1. The van der Waals surface area contributed by atoms with E-state index in [1.54, 1.807) is 11.9 Å². The number of ether oxygens (including phenoxy) is 1. The second-order valence-electron chi connectivity index (χ2n) is 3.84. The molecule has 1 fully saturated rings. The molecule has 0 atom stereocenters. The van der Waals surface area contributed by atoms with Gasteiger partial charge < -0.3 is 10.1 Å². The summed E-state index contributed by atoms with van der Waals surface area (Å²) in [6.45, 7) is 1.44. The van der Waals surface area contributed by atoms with E-state index >= 15 is 0 Å². The van der Waals surface area contributed by atoms with Crippen LogP contribution in [-0.2, 0) is 14.3 Å². The summed E-state index contributed by atoms with van der Waals surface area (Å²) in [5, 5.41) is 2.56.